The molecule has 0 unspecified atom stereocenters. The molecule has 0 saturated carbocycles. The van der Waals surface area contributed by atoms with Crippen LogP contribution in [0, 0.1) is 6.92 Å². The second-order valence-corrected chi connectivity index (χ2v) is 4.84. The topological polar surface area (TPSA) is 29.1 Å². The van der Waals surface area contributed by atoms with E-state index in [0.717, 1.165) is 17.7 Å². The van der Waals surface area contributed by atoms with Crippen molar-refractivity contribution in [2.45, 2.75) is 25.1 Å². The summed E-state index contributed by atoms with van der Waals surface area (Å²) < 4.78 is 0. The van der Waals surface area contributed by atoms with Gasteiger partial charge in [0, 0.05) is 10.7 Å². The van der Waals surface area contributed by atoms with E-state index in [-0.39, 0.29) is 10.7 Å². The van der Waals surface area contributed by atoms with E-state index >= 15 is 0 Å². The van der Waals surface area contributed by atoms with Crippen LogP contribution in [-0.4, -0.2) is 10.7 Å². The number of aryl methyl sites for hydroxylation is 1. The number of carbonyl (C=O) groups is 1. The SMILES string of the molecule is CC[C@@H](Br)C(=O)Nc1ccc(C)c(Cl)c1. The van der Waals surface area contributed by atoms with Crippen LogP contribution in [0.25, 0.3) is 0 Å². The van der Waals surface area contributed by atoms with Crippen LogP contribution in [0.2, 0.25) is 5.02 Å². The van der Waals surface area contributed by atoms with Gasteiger partial charge in [0.25, 0.3) is 0 Å². The predicted octanol–water partition coefficient (Wildman–Crippen LogP) is 3.76. The number of alkyl halides is 1. The fourth-order valence-electron chi connectivity index (χ4n) is 1.08. The van der Waals surface area contributed by atoms with Gasteiger partial charge in [0.1, 0.15) is 0 Å². The molecule has 0 aromatic heterocycles. The van der Waals surface area contributed by atoms with Crippen LogP contribution >= 0.6 is 27.5 Å². The first-order valence-corrected chi connectivity index (χ1v) is 6.05. The molecule has 0 aliphatic heterocycles. The molecule has 4 heteroatoms. The molecule has 0 aliphatic carbocycles. The van der Waals surface area contributed by atoms with Gasteiger partial charge in [-0.15, -0.1) is 0 Å². The second-order valence-electron chi connectivity index (χ2n) is 3.33. The van der Waals surface area contributed by atoms with Crippen molar-refractivity contribution < 1.29 is 4.79 Å². The van der Waals surface area contributed by atoms with Crippen molar-refractivity contribution in [3.63, 3.8) is 0 Å². The number of carbonyl (C=O) groups excluding carboxylic acids is 1. The Morgan fingerprint density at radius 3 is 2.80 bits per heavy atom. The highest BCUT2D eigenvalue weighted by molar-refractivity contribution is 9.10. The van der Waals surface area contributed by atoms with Crippen molar-refractivity contribution in [1.82, 2.24) is 0 Å². The van der Waals surface area contributed by atoms with Crippen LogP contribution < -0.4 is 5.32 Å². The Morgan fingerprint density at radius 2 is 2.27 bits per heavy atom. The van der Waals surface area contributed by atoms with Crippen molar-refractivity contribution in [2.75, 3.05) is 5.32 Å². The summed E-state index contributed by atoms with van der Waals surface area (Å²) in [4.78, 5) is 11.4. The lowest BCUT2D eigenvalue weighted by Gasteiger charge is -2.09. The maximum Gasteiger partial charge on any atom is 0.238 e. The van der Waals surface area contributed by atoms with Gasteiger partial charge in [-0.2, -0.15) is 0 Å². The predicted molar refractivity (Wildman–Crippen MR) is 67.8 cm³/mol. The van der Waals surface area contributed by atoms with Crippen molar-refractivity contribution >= 4 is 39.1 Å². The third-order valence-electron chi connectivity index (χ3n) is 2.08. The molecule has 0 spiro atoms. The highest BCUT2D eigenvalue weighted by Gasteiger charge is 2.12. The molecule has 1 aromatic carbocycles. The molecule has 15 heavy (non-hydrogen) atoms. The minimum atomic E-state index is -0.155. The first-order valence-electron chi connectivity index (χ1n) is 4.75. The normalized spacial score (nSPS) is 12.3. The number of rotatable bonds is 3. The van der Waals surface area contributed by atoms with E-state index < -0.39 is 0 Å². The third kappa shape index (κ3) is 3.50. The lowest BCUT2D eigenvalue weighted by molar-refractivity contribution is -0.115. The molecule has 2 nitrogen and oxygen atoms in total. The number of benzene rings is 1. The molecule has 0 saturated heterocycles. The van der Waals surface area contributed by atoms with E-state index in [0.29, 0.717) is 5.02 Å². The average Bonchev–Trinajstić information content (AvgIpc) is 2.22. The molecule has 0 bridgehead atoms. The van der Waals surface area contributed by atoms with E-state index in [2.05, 4.69) is 21.2 Å². The molecule has 1 atom stereocenters. The van der Waals surface area contributed by atoms with Crippen molar-refractivity contribution in [3.8, 4) is 0 Å². The Balaban J connectivity index is 2.73. The first kappa shape index (κ1) is 12.5. The summed E-state index contributed by atoms with van der Waals surface area (Å²) in [5, 5.41) is 3.45. The van der Waals surface area contributed by atoms with Crippen molar-refractivity contribution in [2.24, 2.45) is 0 Å². The van der Waals surface area contributed by atoms with Crippen LogP contribution in [0.3, 0.4) is 0 Å². The second kappa shape index (κ2) is 5.52. The summed E-state index contributed by atoms with van der Waals surface area (Å²) in [5.74, 6) is -0.0441. The van der Waals surface area contributed by atoms with E-state index in [1.807, 2.05) is 26.0 Å². The molecule has 1 amide bonds. The van der Waals surface area contributed by atoms with Gasteiger partial charge >= 0.3 is 0 Å². The molecule has 82 valence electrons. The number of amides is 1. The maximum atomic E-state index is 11.5. The molecule has 0 radical (unpaired) electrons. The van der Waals surface area contributed by atoms with Crippen LogP contribution in [0.1, 0.15) is 18.9 Å². The van der Waals surface area contributed by atoms with Gasteiger partial charge in [-0.1, -0.05) is 40.5 Å². The minimum absolute atomic E-state index is 0.0441. The van der Waals surface area contributed by atoms with E-state index in [9.17, 15) is 4.79 Å². The highest BCUT2D eigenvalue weighted by atomic mass is 79.9. The average molecular weight is 291 g/mol. The quantitative estimate of drug-likeness (QED) is 0.844. The number of hydrogen-bond donors (Lipinski definition) is 1. The van der Waals surface area contributed by atoms with Gasteiger partial charge in [0.05, 0.1) is 4.83 Å². The number of halogens is 2. The Kier molecular flexibility index (Phi) is 4.61. The first-order chi connectivity index (χ1) is 7.04. The monoisotopic (exact) mass is 289 g/mol. The Morgan fingerprint density at radius 1 is 1.60 bits per heavy atom. The minimum Gasteiger partial charge on any atom is -0.325 e. The largest absolute Gasteiger partial charge is 0.325 e. The summed E-state index contributed by atoms with van der Waals surface area (Å²) >= 11 is 9.24. The van der Waals surface area contributed by atoms with E-state index in [4.69, 9.17) is 11.6 Å². The summed E-state index contributed by atoms with van der Waals surface area (Å²) in [6.45, 7) is 3.87. The number of nitrogens with one attached hydrogen (secondary N) is 1. The van der Waals surface area contributed by atoms with Gasteiger partial charge in [-0.3, -0.25) is 4.79 Å². The summed E-state index contributed by atoms with van der Waals surface area (Å²) in [5.41, 5.74) is 1.73. The molecule has 1 N–H and O–H groups in total. The molecular formula is C11H13BrClNO. The molecule has 1 aromatic rings. The molecule has 0 aliphatic rings. The fourth-order valence-corrected chi connectivity index (χ4v) is 1.37. The van der Waals surface area contributed by atoms with E-state index in [1.165, 1.54) is 0 Å². The van der Waals surface area contributed by atoms with Gasteiger partial charge < -0.3 is 5.32 Å². The lowest BCUT2D eigenvalue weighted by atomic mass is 10.2. The van der Waals surface area contributed by atoms with Gasteiger partial charge in [0.15, 0.2) is 0 Å². The highest BCUT2D eigenvalue weighted by Crippen LogP contribution is 2.20. The van der Waals surface area contributed by atoms with Crippen molar-refractivity contribution in [3.05, 3.63) is 28.8 Å². The smallest absolute Gasteiger partial charge is 0.238 e. The summed E-state index contributed by atoms with van der Waals surface area (Å²) in [6.07, 6.45) is 0.755. The summed E-state index contributed by atoms with van der Waals surface area (Å²) in [7, 11) is 0. The summed E-state index contributed by atoms with van der Waals surface area (Å²) in [6, 6.07) is 5.48. The third-order valence-corrected chi connectivity index (χ3v) is 3.55. The number of hydrogen-bond acceptors (Lipinski definition) is 1. The van der Waals surface area contributed by atoms with Crippen LogP contribution in [0.5, 0.6) is 0 Å². The zero-order valence-electron chi connectivity index (χ0n) is 8.68. The van der Waals surface area contributed by atoms with Crippen LogP contribution in [-0.2, 0) is 4.79 Å². The molecular weight excluding hydrogens is 277 g/mol. The standard InChI is InChI=1S/C11H13BrClNO/c1-3-9(12)11(15)14-8-5-4-7(2)10(13)6-8/h4-6,9H,3H2,1-2H3,(H,14,15)/t9-/m1/s1. The molecule has 1 rings (SSSR count). The molecule has 0 heterocycles. The van der Waals surface area contributed by atoms with Gasteiger partial charge in [0.2, 0.25) is 5.91 Å². The molecule has 0 fully saturated rings. The van der Waals surface area contributed by atoms with Gasteiger partial charge in [-0.25, -0.2) is 0 Å². The number of anilines is 1. The zero-order chi connectivity index (χ0) is 11.4. The maximum absolute atomic E-state index is 11.5. The Labute approximate surface area is 103 Å². The zero-order valence-corrected chi connectivity index (χ0v) is 11.0. The lowest BCUT2D eigenvalue weighted by Crippen LogP contribution is -2.21. The van der Waals surface area contributed by atoms with Crippen molar-refractivity contribution in [1.29, 1.82) is 0 Å². The Bertz CT molecular complexity index is 368. The Hall–Kier alpha value is -0.540. The van der Waals surface area contributed by atoms with Crippen LogP contribution in [0.15, 0.2) is 18.2 Å². The van der Waals surface area contributed by atoms with Gasteiger partial charge in [-0.05, 0) is 31.0 Å². The van der Waals surface area contributed by atoms with E-state index in [1.54, 1.807) is 6.07 Å². The van der Waals surface area contributed by atoms with Crippen LogP contribution in [0.4, 0.5) is 5.69 Å². The fraction of sp³-hybridized carbons (Fsp3) is 0.364.